The maximum absolute atomic E-state index is 5.91. The summed E-state index contributed by atoms with van der Waals surface area (Å²) in [5, 5.41) is 3.16. The number of hydrogen-bond donors (Lipinski definition) is 1. The Hall–Kier alpha value is -1.06. The monoisotopic (exact) mass is 277 g/mol. The van der Waals surface area contributed by atoms with Crippen molar-refractivity contribution in [1.82, 2.24) is 5.32 Å². The number of ether oxygens (including phenoxy) is 2. The Morgan fingerprint density at radius 2 is 1.80 bits per heavy atom. The van der Waals surface area contributed by atoms with Gasteiger partial charge in [-0.3, -0.25) is 0 Å². The molecule has 0 aromatic heterocycles. The van der Waals surface area contributed by atoms with Crippen LogP contribution in [-0.2, 0) is 10.2 Å². The van der Waals surface area contributed by atoms with Crippen LogP contribution in [0.2, 0.25) is 0 Å². The van der Waals surface area contributed by atoms with Gasteiger partial charge in [0.05, 0.1) is 12.2 Å². The van der Waals surface area contributed by atoms with Gasteiger partial charge in [0.15, 0.2) is 0 Å². The quantitative estimate of drug-likeness (QED) is 0.897. The van der Waals surface area contributed by atoms with Crippen LogP contribution < -0.4 is 10.1 Å². The van der Waals surface area contributed by atoms with Crippen LogP contribution in [0, 0.1) is 0 Å². The second kappa shape index (κ2) is 6.59. The summed E-state index contributed by atoms with van der Waals surface area (Å²) in [5.41, 5.74) is 1.52. The Morgan fingerprint density at radius 1 is 1.15 bits per heavy atom. The number of nitrogens with one attached hydrogen (secondary N) is 1. The van der Waals surface area contributed by atoms with Gasteiger partial charge in [-0.2, -0.15) is 0 Å². The van der Waals surface area contributed by atoms with Crippen molar-refractivity contribution in [3.05, 3.63) is 29.8 Å². The van der Waals surface area contributed by atoms with Gasteiger partial charge in [-0.05, 0) is 43.0 Å². The predicted octanol–water partition coefficient (Wildman–Crippen LogP) is 3.13. The first kappa shape index (κ1) is 15.3. The molecule has 2 atom stereocenters. The molecule has 2 rings (SSSR count). The lowest BCUT2D eigenvalue weighted by Crippen LogP contribution is -2.25. The number of benzene rings is 1. The fraction of sp³-hybridized carbons (Fsp3) is 0.647. The van der Waals surface area contributed by atoms with Gasteiger partial charge in [0.1, 0.15) is 12.4 Å². The predicted molar refractivity (Wildman–Crippen MR) is 82.5 cm³/mol. The minimum absolute atomic E-state index is 0.188. The zero-order valence-corrected chi connectivity index (χ0v) is 13.1. The van der Waals surface area contributed by atoms with E-state index in [1.54, 1.807) is 0 Å². The number of rotatable bonds is 5. The second-order valence-corrected chi connectivity index (χ2v) is 6.60. The molecule has 1 aromatic rings. The second-order valence-electron chi connectivity index (χ2n) is 6.60. The molecule has 0 amide bonds. The van der Waals surface area contributed by atoms with Gasteiger partial charge in [-0.25, -0.2) is 0 Å². The number of likely N-dealkylation sites (N-methyl/N-ethyl adjacent to an activating group) is 1. The van der Waals surface area contributed by atoms with Crippen LogP contribution in [0.1, 0.15) is 39.2 Å². The first-order chi connectivity index (χ1) is 9.49. The lowest BCUT2D eigenvalue weighted by Gasteiger charge is -2.19. The van der Waals surface area contributed by atoms with E-state index < -0.39 is 0 Å². The zero-order chi connectivity index (χ0) is 14.6. The van der Waals surface area contributed by atoms with Gasteiger partial charge in [-0.1, -0.05) is 32.9 Å². The highest BCUT2D eigenvalue weighted by Gasteiger charge is 2.25. The van der Waals surface area contributed by atoms with E-state index in [0.29, 0.717) is 12.7 Å². The summed E-state index contributed by atoms with van der Waals surface area (Å²) >= 11 is 0. The summed E-state index contributed by atoms with van der Waals surface area (Å²) in [6.07, 6.45) is 2.79. The molecule has 0 spiro atoms. The molecule has 2 unspecified atom stereocenters. The summed E-state index contributed by atoms with van der Waals surface area (Å²) in [6.45, 7) is 8.23. The first-order valence-corrected chi connectivity index (χ1v) is 7.52. The average molecular weight is 277 g/mol. The van der Waals surface area contributed by atoms with Crippen LogP contribution >= 0.6 is 0 Å². The standard InChI is InChI=1S/C17H27NO2/c1-17(2,3)13-5-7-14(8-6-13)19-12-16-10-9-15(20-16)11-18-4/h5-8,15-16,18H,9-12H2,1-4H3. The van der Waals surface area contributed by atoms with Crippen LogP contribution in [0.3, 0.4) is 0 Å². The summed E-state index contributed by atoms with van der Waals surface area (Å²) in [6, 6.07) is 8.41. The van der Waals surface area contributed by atoms with Crippen molar-refractivity contribution in [2.75, 3.05) is 20.2 Å². The van der Waals surface area contributed by atoms with Crippen LogP contribution in [-0.4, -0.2) is 32.4 Å². The molecule has 1 aliphatic heterocycles. The maximum atomic E-state index is 5.91. The molecule has 1 N–H and O–H groups in total. The van der Waals surface area contributed by atoms with E-state index in [-0.39, 0.29) is 11.5 Å². The van der Waals surface area contributed by atoms with E-state index in [1.807, 2.05) is 7.05 Å². The molecule has 112 valence electrons. The minimum Gasteiger partial charge on any atom is -0.491 e. The van der Waals surface area contributed by atoms with Gasteiger partial charge < -0.3 is 14.8 Å². The zero-order valence-electron chi connectivity index (χ0n) is 13.1. The van der Waals surface area contributed by atoms with Crippen molar-refractivity contribution in [1.29, 1.82) is 0 Å². The van der Waals surface area contributed by atoms with E-state index >= 15 is 0 Å². The Bertz CT molecular complexity index is 408. The maximum Gasteiger partial charge on any atom is 0.119 e. The van der Waals surface area contributed by atoms with Crippen molar-refractivity contribution in [3.63, 3.8) is 0 Å². The van der Waals surface area contributed by atoms with E-state index in [2.05, 4.69) is 50.4 Å². The van der Waals surface area contributed by atoms with Crippen molar-refractivity contribution < 1.29 is 9.47 Å². The topological polar surface area (TPSA) is 30.5 Å². The molecule has 0 saturated carbocycles. The fourth-order valence-electron chi connectivity index (χ4n) is 2.52. The largest absolute Gasteiger partial charge is 0.491 e. The van der Waals surface area contributed by atoms with Crippen LogP contribution in [0.5, 0.6) is 5.75 Å². The molecule has 3 nitrogen and oxygen atoms in total. The molecule has 3 heteroatoms. The lowest BCUT2D eigenvalue weighted by atomic mass is 9.87. The van der Waals surface area contributed by atoms with E-state index in [9.17, 15) is 0 Å². The molecule has 1 heterocycles. The Labute approximate surface area is 122 Å². The molecule has 0 bridgehead atoms. The van der Waals surface area contributed by atoms with Gasteiger partial charge in [0.25, 0.3) is 0 Å². The molecular weight excluding hydrogens is 250 g/mol. The van der Waals surface area contributed by atoms with Crippen LogP contribution in [0.25, 0.3) is 0 Å². The fourth-order valence-corrected chi connectivity index (χ4v) is 2.52. The van der Waals surface area contributed by atoms with Gasteiger partial charge in [0.2, 0.25) is 0 Å². The van der Waals surface area contributed by atoms with Crippen molar-refractivity contribution in [3.8, 4) is 5.75 Å². The normalized spacial score (nSPS) is 23.0. The summed E-state index contributed by atoms with van der Waals surface area (Å²) in [5.74, 6) is 0.929. The van der Waals surface area contributed by atoms with Crippen molar-refractivity contribution in [2.24, 2.45) is 0 Å². The SMILES string of the molecule is CNCC1CCC(COc2ccc(C(C)(C)C)cc2)O1. The molecule has 1 saturated heterocycles. The smallest absolute Gasteiger partial charge is 0.119 e. The highest BCUT2D eigenvalue weighted by molar-refractivity contribution is 5.31. The molecule has 1 aliphatic rings. The molecule has 1 fully saturated rings. The third-order valence-corrected chi connectivity index (χ3v) is 3.78. The third-order valence-electron chi connectivity index (χ3n) is 3.78. The van der Waals surface area contributed by atoms with Gasteiger partial charge in [0, 0.05) is 6.54 Å². The highest BCUT2D eigenvalue weighted by Crippen LogP contribution is 2.25. The third kappa shape index (κ3) is 4.22. The van der Waals surface area contributed by atoms with Gasteiger partial charge in [-0.15, -0.1) is 0 Å². The average Bonchev–Trinajstić information content (AvgIpc) is 2.84. The van der Waals surface area contributed by atoms with Crippen molar-refractivity contribution in [2.45, 2.75) is 51.2 Å². The van der Waals surface area contributed by atoms with Gasteiger partial charge >= 0.3 is 0 Å². The summed E-state index contributed by atoms with van der Waals surface area (Å²) < 4.78 is 11.8. The van der Waals surface area contributed by atoms with E-state index in [0.717, 1.165) is 25.1 Å². The Kier molecular flexibility index (Phi) is 5.06. The van der Waals surface area contributed by atoms with Crippen molar-refractivity contribution >= 4 is 0 Å². The molecule has 20 heavy (non-hydrogen) atoms. The Balaban J connectivity index is 1.80. The first-order valence-electron chi connectivity index (χ1n) is 7.52. The Morgan fingerprint density at radius 3 is 2.40 bits per heavy atom. The highest BCUT2D eigenvalue weighted by atomic mass is 16.5. The molecular formula is C17H27NO2. The van der Waals surface area contributed by atoms with E-state index in [4.69, 9.17) is 9.47 Å². The molecule has 0 radical (unpaired) electrons. The summed E-state index contributed by atoms with van der Waals surface area (Å²) in [4.78, 5) is 0. The molecule has 0 aliphatic carbocycles. The van der Waals surface area contributed by atoms with Crippen LogP contribution in [0.15, 0.2) is 24.3 Å². The summed E-state index contributed by atoms with van der Waals surface area (Å²) in [7, 11) is 1.96. The number of hydrogen-bond acceptors (Lipinski definition) is 3. The van der Waals surface area contributed by atoms with Crippen LogP contribution in [0.4, 0.5) is 0 Å². The molecule has 1 aromatic carbocycles. The minimum atomic E-state index is 0.188. The lowest BCUT2D eigenvalue weighted by molar-refractivity contribution is 0.0193. The van der Waals surface area contributed by atoms with E-state index in [1.165, 1.54) is 5.56 Å².